The second-order valence-corrected chi connectivity index (χ2v) is 11.6. The molecule has 0 radical (unpaired) electrons. The molecule has 0 spiro atoms. The van der Waals surface area contributed by atoms with Gasteiger partial charge in [-0.15, -0.1) is 0 Å². The van der Waals surface area contributed by atoms with Crippen molar-refractivity contribution in [2.45, 2.75) is 78.1 Å². The normalized spacial score (nSPS) is 16.4. The Morgan fingerprint density at radius 1 is 1.00 bits per heavy atom. The lowest BCUT2D eigenvalue weighted by Crippen LogP contribution is -2.41. The van der Waals surface area contributed by atoms with Crippen LogP contribution in [0.5, 0.6) is 5.75 Å². The maximum Gasteiger partial charge on any atom is 0.420 e. The van der Waals surface area contributed by atoms with Gasteiger partial charge in [0.2, 0.25) is 0 Å². The fourth-order valence-corrected chi connectivity index (χ4v) is 4.54. The number of ether oxygens (including phenoxy) is 3. The third-order valence-electron chi connectivity index (χ3n) is 5.98. The zero-order valence-electron chi connectivity index (χ0n) is 21.8. The Balaban J connectivity index is 1.63. The number of pyridine rings is 1. The van der Waals surface area contributed by atoms with Crippen molar-refractivity contribution in [1.82, 2.24) is 9.88 Å². The average molecular weight is 516 g/mol. The average Bonchev–Trinajstić information content (AvgIpc) is 2.94. The van der Waals surface area contributed by atoms with E-state index in [4.69, 9.17) is 25.8 Å². The number of benzene rings is 1. The maximum absolute atomic E-state index is 13.4. The van der Waals surface area contributed by atoms with Crippen LogP contribution in [0.4, 0.5) is 21.1 Å². The summed E-state index contributed by atoms with van der Waals surface area (Å²) < 4.78 is 17.3. The van der Waals surface area contributed by atoms with E-state index < -0.39 is 17.3 Å². The van der Waals surface area contributed by atoms with Gasteiger partial charge in [-0.1, -0.05) is 17.7 Å². The number of fused-ring (bicyclic) bond motifs is 2. The van der Waals surface area contributed by atoms with Crippen molar-refractivity contribution in [1.29, 1.82) is 0 Å². The lowest BCUT2D eigenvalue weighted by molar-refractivity contribution is 0.0204. The van der Waals surface area contributed by atoms with Gasteiger partial charge in [0, 0.05) is 19.3 Å². The molecule has 1 aromatic heterocycles. The van der Waals surface area contributed by atoms with E-state index in [1.165, 1.54) is 4.90 Å². The number of hydrogen-bond donors (Lipinski definition) is 0. The molecule has 2 amide bonds. The molecule has 36 heavy (non-hydrogen) atoms. The van der Waals surface area contributed by atoms with Gasteiger partial charge in [-0.05, 0) is 84.1 Å². The molecule has 8 nitrogen and oxygen atoms in total. The molecule has 1 fully saturated rings. The summed E-state index contributed by atoms with van der Waals surface area (Å²) in [5, 5.41) is 0.469. The Bertz CT molecular complexity index is 1150. The molecule has 2 aliphatic rings. The predicted molar refractivity (Wildman–Crippen MR) is 138 cm³/mol. The highest BCUT2D eigenvalue weighted by Gasteiger charge is 2.34. The minimum atomic E-state index is -0.699. The van der Waals surface area contributed by atoms with Gasteiger partial charge in [-0.3, -0.25) is 0 Å². The first-order valence-corrected chi connectivity index (χ1v) is 12.6. The quantitative estimate of drug-likeness (QED) is 0.414. The summed E-state index contributed by atoms with van der Waals surface area (Å²) in [6.45, 7) is 12.4. The Labute approximate surface area is 217 Å². The lowest BCUT2D eigenvalue weighted by atomic mass is 9.89. The third kappa shape index (κ3) is 5.86. The number of rotatable bonds is 1. The monoisotopic (exact) mass is 515 g/mol. The molecule has 9 heteroatoms. The summed E-state index contributed by atoms with van der Waals surface area (Å²) in [7, 11) is 0. The number of carbonyl (C=O) groups is 2. The van der Waals surface area contributed by atoms with Crippen molar-refractivity contribution in [3.8, 4) is 5.75 Å². The van der Waals surface area contributed by atoms with E-state index in [-0.39, 0.29) is 18.6 Å². The summed E-state index contributed by atoms with van der Waals surface area (Å²) >= 11 is 6.45. The summed E-state index contributed by atoms with van der Waals surface area (Å²) in [5.41, 5.74) is 1.01. The molecule has 0 saturated carbocycles. The van der Waals surface area contributed by atoms with Gasteiger partial charge in [0.25, 0.3) is 0 Å². The van der Waals surface area contributed by atoms with E-state index in [9.17, 15) is 9.59 Å². The third-order valence-corrected chi connectivity index (χ3v) is 6.33. The number of amides is 2. The standard InChI is InChI=1S/C27H34ClN3O5/c1-26(2,3)35-24(32)30-13-10-17(11-14-30)18-7-8-22-21(15-18)31(25(33)36-27(4,5)6)23-19(16-34-22)20(28)9-12-29-23/h7-9,12,15,17H,10-11,13-14,16H2,1-6H3. The van der Waals surface area contributed by atoms with Gasteiger partial charge >= 0.3 is 12.2 Å². The Hall–Kier alpha value is -3.00. The minimum absolute atomic E-state index is 0.182. The van der Waals surface area contributed by atoms with E-state index in [0.29, 0.717) is 40.9 Å². The number of piperidine rings is 1. The number of anilines is 2. The molecule has 1 aromatic carbocycles. The molecule has 0 aliphatic carbocycles. The van der Waals surface area contributed by atoms with Gasteiger partial charge in [0.05, 0.1) is 16.3 Å². The van der Waals surface area contributed by atoms with Crippen molar-refractivity contribution < 1.29 is 23.8 Å². The molecule has 0 bridgehead atoms. The predicted octanol–water partition coefficient (Wildman–Crippen LogP) is 6.82. The van der Waals surface area contributed by atoms with Crippen LogP contribution >= 0.6 is 11.6 Å². The van der Waals surface area contributed by atoms with Crippen molar-refractivity contribution in [2.75, 3.05) is 18.0 Å². The van der Waals surface area contributed by atoms with Crippen LogP contribution in [0.1, 0.15) is 71.4 Å². The van der Waals surface area contributed by atoms with Crippen LogP contribution in [0.2, 0.25) is 5.02 Å². The van der Waals surface area contributed by atoms with Crippen LogP contribution in [0.15, 0.2) is 30.5 Å². The number of aromatic nitrogens is 1. The van der Waals surface area contributed by atoms with Crippen LogP contribution in [-0.4, -0.2) is 46.4 Å². The molecule has 194 valence electrons. The van der Waals surface area contributed by atoms with E-state index in [1.54, 1.807) is 17.2 Å². The highest BCUT2D eigenvalue weighted by atomic mass is 35.5. The number of nitrogens with zero attached hydrogens (tertiary/aromatic N) is 3. The lowest BCUT2D eigenvalue weighted by Gasteiger charge is -2.34. The summed E-state index contributed by atoms with van der Waals surface area (Å²) in [4.78, 5) is 33.6. The Morgan fingerprint density at radius 3 is 2.28 bits per heavy atom. The largest absolute Gasteiger partial charge is 0.487 e. The zero-order valence-corrected chi connectivity index (χ0v) is 22.5. The second kappa shape index (κ2) is 9.81. The van der Waals surface area contributed by atoms with Crippen LogP contribution in [0.25, 0.3) is 0 Å². The van der Waals surface area contributed by atoms with Crippen molar-refractivity contribution in [3.05, 3.63) is 46.6 Å². The van der Waals surface area contributed by atoms with Gasteiger partial charge < -0.3 is 19.1 Å². The number of carbonyl (C=O) groups excluding carboxylic acids is 2. The second-order valence-electron chi connectivity index (χ2n) is 11.2. The van der Waals surface area contributed by atoms with Gasteiger partial charge in [0.1, 0.15) is 23.6 Å². The van der Waals surface area contributed by atoms with E-state index in [0.717, 1.165) is 18.4 Å². The van der Waals surface area contributed by atoms with E-state index in [2.05, 4.69) is 4.98 Å². The molecule has 4 rings (SSSR count). The highest BCUT2D eigenvalue weighted by molar-refractivity contribution is 6.31. The first-order valence-electron chi connectivity index (χ1n) is 12.2. The summed E-state index contributed by atoms with van der Waals surface area (Å²) in [5.74, 6) is 1.15. The fourth-order valence-electron chi connectivity index (χ4n) is 4.35. The number of hydrogen-bond acceptors (Lipinski definition) is 6. The molecular formula is C27H34ClN3O5. The van der Waals surface area contributed by atoms with Crippen LogP contribution in [0, 0.1) is 0 Å². The molecule has 0 atom stereocenters. The van der Waals surface area contributed by atoms with Crippen molar-refractivity contribution >= 4 is 35.3 Å². The molecule has 0 unspecified atom stereocenters. The molecular weight excluding hydrogens is 482 g/mol. The SMILES string of the molecule is CC(C)(C)OC(=O)N1CCC(c2ccc3c(c2)N(C(=O)OC(C)(C)C)c2nccc(Cl)c2CO3)CC1. The van der Waals surface area contributed by atoms with Gasteiger partial charge in [-0.2, -0.15) is 0 Å². The van der Waals surface area contributed by atoms with E-state index >= 15 is 0 Å². The summed E-state index contributed by atoms with van der Waals surface area (Å²) in [6, 6.07) is 7.54. The zero-order chi connectivity index (χ0) is 26.3. The first kappa shape index (κ1) is 26.1. The molecule has 0 N–H and O–H groups in total. The van der Waals surface area contributed by atoms with Crippen LogP contribution < -0.4 is 9.64 Å². The summed E-state index contributed by atoms with van der Waals surface area (Å²) in [6.07, 6.45) is 2.30. The van der Waals surface area contributed by atoms with Crippen molar-refractivity contribution in [2.24, 2.45) is 0 Å². The van der Waals surface area contributed by atoms with Gasteiger partial charge in [0.15, 0.2) is 5.82 Å². The molecule has 2 aliphatic heterocycles. The smallest absolute Gasteiger partial charge is 0.420 e. The molecule has 1 saturated heterocycles. The highest BCUT2D eigenvalue weighted by Crippen LogP contribution is 2.43. The minimum Gasteiger partial charge on any atom is -0.487 e. The van der Waals surface area contributed by atoms with Crippen molar-refractivity contribution in [3.63, 3.8) is 0 Å². The number of likely N-dealkylation sites (tertiary alicyclic amines) is 1. The fraction of sp³-hybridized carbons (Fsp3) is 0.519. The topological polar surface area (TPSA) is 81.2 Å². The maximum atomic E-state index is 13.4. The first-order chi connectivity index (χ1) is 16.8. The molecule has 2 aromatic rings. The van der Waals surface area contributed by atoms with Crippen LogP contribution in [0.3, 0.4) is 0 Å². The Kier molecular flexibility index (Phi) is 7.10. The van der Waals surface area contributed by atoms with E-state index in [1.807, 2.05) is 59.7 Å². The number of halogens is 1. The van der Waals surface area contributed by atoms with Gasteiger partial charge in [-0.25, -0.2) is 19.5 Å². The Morgan fingerprint density at radius 2 is 1.64 bits per heavy atom. The van der Waals surface area contributed by atoms with Crippen LogP contribution in [-0.2, 0) is 16.1 Å². The molecule has 3 heterocycles.